The van der Waals surface area contributed by atoms with Gasteiger partial charge in [0.15, 0.2) is 10.8 Å². The summed E-state index contributed by atoms with van der Waals surface area (Å²) in [5.74, 6) is -0.681. The van der Waals surface area contributed by atoms with Crippen LogP contribution in [-0.4, -0.2) is 47.6 Å². The molecule has 1 fully saturated rings. The molecule has 8 heteroatoms. The van der Waals surface area contributed by atoms with Gasteiger partial charge in [-0.2, -0.15) is 0 Å². The van der Waals surface area contributed by atoms with Crippen LogP contribution in [0.15, 0.2) is 41.5 Å². The molecule has 0 bridgehead atoms. The summed E-state index contributed by atoms with van der Waals surface area (Å²) >= 11 is 25.2. The van der Waals surface area contributed by atoms with Gasteiger partial charge >= 0.3 is 0 Å². The molecular formula is C18H15Cl4N2O2. The maximum atomic E-state index is 13.1. The first kappa shape index (κ1) is 19.9. The zero-order valence-corrected chi connectivity index (χ0v) is 16.5. The lowest BCUT2D eigenvalue weighted by molar-refractivity contribution is 0.0707. The summed E-state index contributed by atoms with van der Waals surface area (Å²) in [4.78, 5) is 24.6. The number of halogens is 4. The number of carbonyl (C=O) groups is 1. The van der Waals surface area contributed by atoms with Crippen molar-refractivity contribution < 1.29 is 9.59 Å². The third kappa shape index (κ3) is 3.72. The number of nitrogens with one attached hydrogen (secondary N) is 1. The summed E-state index contributed by atoms with van der Waals surface area (Å²) in [6.07, 6.45) is 6.69. The largest absolute Gasteiger partial charge is 0.313 e. The van der Waals surface area contributed by atoms with E-state index in [1.165, 1.54) is 0 Å². The fourth-order valence-electron chi connectivity index (χ4n) is 3.12. The standard InChI is InChI=1S/C18H15Cl4N2O2/c19-13-2-1-12(8-14(13)20)17(26)15-9-23-5-6-24(15)18(22)4-3-11(10-25)7-16(18)21/h1-4,7-8,11,15,23H,5-6,9H2. The van der Waals surface area contributed by atoms with Crippen LogP contribution in [0.3, 0.4) is 0 Å². The van der Waals surface area contributed by atoms with Crippen molar-refractivity contribution in [3.05, 3.63) is 57.1 Å². The Bertz CT molecular complexity index is 795. The number of alkyl halides is 1. The van der Waals surface area contributed by atoms with Crippen molar-refractivity contribution in [2.75, 3.05) is 19.6 Å². The Morgan fingerprint density at radius 2 is 2.04 bits per heavy atom. The average molecular weight is 433 g/mol. The van der Waals surface area contributed by atoms with Crippen LogP contribution >= 0.6 is 46.4 Å². The molecule has 1 aromatic carbocycles. The van der Waals surface area contributed by atoms with Crippen molar-refractivity contribution in [3.8, 4) is 0 Å². The third-order valence-corrected chi connectivity index (χ3v) is 6.29. The van der Waals surface area contributed by atoms with E-state index in [0.717, 1.165) is 0 Å². The average Bonchev–Trinajstić information content (AvgIpc) is 2.65. The number of hydrogen-bond donors (Lipinski definition) is 1. The van der Waals surface area contributed by atoms with E-state index in [-0.39, 0.29) is 10.8 Å². The first-order valence-electron chi connectivity index (χ1n) is 7.97. The Balaban J connectivity index is 1.93. The van der Waals surface area contributed by atoms with Crippen LogP contribution in [0.4, 0.5) is 0 Å². The SMILES string of the molecule is O=[C]C1C=CC(Cl)(N2CCNCC2C(=O)c2ccc(Cl)c(Cl)c2)C(Cl)=C1. The zero-order chi connectivity index (χ0) is 18.9. The molecule has 1 aliphatic carbocycles. The fraction of sp³-hybridized carbons (Fsp3) is 0.333. The van der Waals surface area contributed by atoms with Gasteiger partial charge < -0.3 is 5.32 Å². The summed E-state index contributed by atoms with van der Waals surface area (Å²) in [7, 11) is 0. The maximum Gasteiger partial charge on any atom is 0.209 e. The molecule has 1 aromatic rings. The van der Waals surface area contributed by atoms with Crippen LogP contribution < -0.4 is 5.32 Å². The van der Waals surface area contributed by atoms with Gasteiger partial charge in [-0.15, -0.1) is 0 Å². The molecule has 0 spiro atoms. The van der Waals surface area contributed by atoms with Crippen LogP contribution in [0.2, 0.25) is 10.0 Å². The van der Waals surface area contributed by atoms with Crippen LogP contribution in [-0.2, 0) is 4.79 Å². The summed E-state index contributed by atoms with van der Waals surface area (Å²) in [5.41, 5.74) is 0.442. The minimum atomic E-state index is -1.19. The lowest BCUT2D eigenvalue weighted by atomic mass is 9.95. The van der Waals surface area contributed by atoms with E-state index in [9.17, 15) is 9.59 Å². The number of Topliss-reactive ketones (excluding diaryl/α,β-unsaturated/α-hetero) is 1. The van der Waals surface area contributed by atoms with Crippen LogP contribution in [0.1, 0.15) is 10.4 Å². The summed E-state index contributed by atoms with van der Waals surface area (Å²) in [6, 6.07) is 4.22. The second-order valence-electron chi connectivity index (χ2n) is 6.10. The molecule has 2 aliphatic rings. The van der Waals surface area contributed by atoms with Crippen molar-refractivity contribution in [3.63, 3.8) is 0 Å². The van der Waals surface area contributed by atoms with E-state index in [4.69, 9.17) is 46.4 Å². The second kappa shape index (κ2) is 8.01. The highest BCUT2D eigenvalue weighted by Gasteiger charge is 2.45. The lowest BCUT2D eigenvalue weighted by Crippen LogP contribution is -2.61. The smallest absolute Gasteiger partial charge is 0.209 e. The highest BCUT2D eigenvalue weighted by atomic mass is 35.5. The van der Waals surface area contributed by atoms with Crippen molar-refractivity contribution in [2.45, 2.75) is 11.0 Å². The summed E-state index contributed by atoms with van der Waals surface area (Å²) in [5, 5.41) is 4.18. The molecule has 1 aliphatic heterocycles. The number of ketones is 1. The number of nitrogens with zero attached hydrogens (tertiary/aromatic N) is 1. The molecule has 3 unspecified atom stereocenters. The first-order chi connectivity index (χ1) is 12.4. The van der Waals surface area contributed by atoms with Crippen molar-refractivity contribution in [1.29, 1.82) is 0 Å². The van der Waals surface area contributed by atoms with Gasteiger partial charge in [0, 0.05) is 25.2 Å². The van der Waals surface area contributed by atoms with Gasteiger partial charge in [0.05, 0.1) is 27.0 Å². The Labute approximate surface area is 171 Å². The predicted molar refractivity (Wildman–Crippen MR) is 105 cm³/mol. The van der Waals surface area contributed by atoms with Gasteiger partial charge in [-0.25, -0.2) is 0 Å². The molecule has 26 heavy (non-hydrogen) atoms. The van der Waals surface area contributed by atoms with Gasteiger partial charge in [-0.3, -0.25) is 14.5 Å². The maximum absolute atomic E-state index is 13.1. The predicted octanol–water partition coefficient (Wildman–Crippen LogP) is 3.80. The van der Waals surface area contributed by atoms with E-state index < -0.39 is 17.0 Å². The molecule has 1 heterocycles. The minimum Gasteiger partial charge on any atom is -0.313 e. The van der Waals surface area contributed by atoms with Crippen molar-refractivity contribution in [1.82, 2.24) is 10.2 Å². The van der Waals surface area contributed by atoms with Gasteiger partial charge in [-0.1, -0.05) is 58.6 Å². The molecule has 1 N–H and O–H groups in total. The van der Waals surface area contributed by atoms with Crippen LogP contribution in [0.5, 0.6) is 0 Å². The zero-order valence-electron chi connectivity index (χ0n) is 13.5. The minimum absolute atomic E-state index is 0.141. The molecule has 3 rings (SSSR count). The molecule has 0 aromatic heterocycles. The molecule has 137 valence electrons. The first-order valence-corrected chi connectivity index (χ1v) is 9.48. The fourth-order valence-corrected chi connectivity index (χ4v) is 4.06. The molecule has 1 radical (unpaired) electrons. The Kier molecular flexibility index (Phi) is 6.12. The number of allylic oxidation sites excluding steroid dienone is 2. The summed E-state index contributed by atoms with van der Waals surface area (Å²) < 4.78 is 0. The Morgan fingerprint density at radius 3 is 2.69 bits per heavy atom. The Morgan fingerprint density at radius 1 is 1.27 bits per heavy atom. The van der Waals surface area contributed by atoms with Crippen molar-refractivity contribution >= 4 is 58.5 Å². The number of benzene rings is 1. The molecule has 1 saturated heterocycles. The van der Waals surface area contributed by atoms with Gasteiger partial charge in [0.25, 0.3) is 0 Å². The molecule has 4 nitrogen and oxygen atoms in total. The van der Waals surface area contributed by atoms with E-state index in [1.807, 2.05) is 11.2 Å². The molecule has 0 amide bonds. The molecule has 0 saturated carbocycles. The number of piperazine rings is 1. The quantitative estimate of drug-likeness (QED) is 0.340. The van der Waals surface area contributed by atoms with E-state index >= 15 is 0 Å². The van der Waals surface area contributed by atoms with E-state index in [2.05, 4.69) is 5.32 Å². The van der Waals surface area contributed by atoms with Gasteiger partial charge in [-0.05, 0) is 24.3 Å². The number of hydrogen-bond acceptors (Lipinski definition) is 4. The highest BCUT2D eigenvalue weighted by molar-refractivity contribution is 6.42. The summed E-state index contributed by atoms with van der Waals surface area (Å²) in [6.45, 7) is 1.57. The van der Waals surface area contributed by atoms with Crippen molar-refractivity contribution in [2.24, 2.45) is 5.92 Å². The van der Waals surface area contributed by atoms with E-state index in [1.54, 1.807) is 36.4 Å². The second-order valence-corrected chi connectivity index (χ2v) is 7.89. The number of rotatable bonds is 4. The normalized spacial score (nSPS) is 29.3. The van der Waals surface area contributed by atoms with Crippen LogP contribution in [0.25, 0.3) is 0 Å². The lowest BCUT2D eigenvalue weighted by Gasteiger charge is -2.45. The highest BCUT2D eigenvalue weighted by Crippen LogP contribution is 2.40. The van der Waals surface area contributed by atoms with Crippen LogP contribution in [0, 0.1) is 5.92 Å². The van der Waals surface area contributed by atoms with E-state index in [0.29, 0.717) is 35.2 Å². The monoisotopic (exact) mass is 431 g/mol. The third-order valence-electron chi connectivity index (χ3n) is 4.49. The number of carbonyl (C=O) groups excluding carboxylic acids is 2. The van der Waals surface area contributed by atoms with Gasteiger partial charge in [0.2, 0.25) is 6.29 Å². The molecule has 3 atom stereocenters. The topological polar surface area (TPSA) is 49.4 Å². The van der Waals surface area contributed by atoms with Gasteiger partial charge in [0.1, 0.15) is 0 Å². The molecular weight excluding hydrogens is 418 g/mol. The Hall–Kier alpha value is -0.880.